The van der Waals surface area contributed by atoms with E-state index in [0.29, 0.717) is 34.1 Å². The van der Waals surface area contributed by atoms with Gasteiger partial charge in [0.15, 0.2) is 0 Å². The summed E-state index contributed by atoms with van der Waals surface area (Å²) in [5.74, 6) is 0.283. The van der Waals surface area contributed by atoms with E-state index in [2.05, 4.69) is 5.32 Å². The van der Waals surface area contributed by atoms with E-state index in [9.17, 15) is 9.59 Å². The summed E-state index contributed by atoms with van der Waals surface area (Å²) >= 11 is 0. The van der Waals surface area contributed by atoms with Crippen LogP contribution in [0, 0.1) is 0 Å². The summed E-state index contributed by atoms with van der Waals surface area (Å²) in [4.78, 5) is 23.8. The Balaban J connectivity index is 1.83. The van der Waals surface area contributed by atoms with E-state index < -0.39 is 5.97 Å². The van der Waals surface area contributed by atoms with Crippen LogP contribution in [0.1, 0.15) is 12.0 Å². The Hall–Kier alpha value is -3.68. The van der Waals surface area contributed by atoms with Crippen LogP contribution in [-0.2, 0) is 14.3 Å². The lowest BCUT2D eigenvalue weighted by Gasteiger charge is -2.09. The van der Waals surface area contributed by atoms with Gasteiger partial charge >= 0.3 is 5.97 Å². The van der Waals surface area contributed by atoms with Crippen LogP contribution in [-0.4, -0.2) is 32.7 Å². The number of amides is 1. The molecule has 148 valence electrons. The molecule has 0 aliphatic rings. The molecule has 0 aromatic heterocycles. The molecule has 2 aromatic rings. The van der Waals surface area contributed by atoms with Crippen molar-refractivity contribution in [2.45, 2.75) is 6.42 Å². The summed E-state index contributed by atoms with van der Waals surface area (Å²) in [6.45, 7) is -0.0724. The Labute approximate surface area is 163 Å². The molecule has 0 fully saturated rings. The topological polar surface area (TPSA) is 126 Å². The molecule has 0 atom stereocenters. The molecule has 2 aromatic carbocycles. The van der Waals surface area contributed by atoms with Gasteiger partial charge in [-0.25, -0.2) is 4.79 Å². The summed E-state index contributed by atoms with van der Waals surface area (Å²) in [6.07, 6.45) is 2.81. The third kappa shape index (κ3) is 5.94. The first-order valence-corrected chi connectivity index (χ1v) is 8.44. The minimum atomic E-state index is -0.575. The lowest BCUT2D eigenvalue weighted by Crippen LogP contribution is -2.16. The third-order valence-electron chi connectivity index (χ3n) is 3.76. The maximum Gasteiger partial charge on any atom is 0.330 e. The molecule has 1 amide bonds. The molecular weight excluding hydrogens is 362 g/mol. The molecule has 0 spiro atoms. The highest BCUT2D eigenvalue weighted by Gasteiger charge is 2.08. The van der Waals surface area contributed by atoms with Gasteiger partial charge < -0.3 is 31.0 Å². The zero-order valence-corrected chi connectivity index (χ0v) is 15.7. The Bertz CT molecular complexity index is 880. The van der Waals surface area contributed by atoms with E-state index in [1.54, 1.807) is 49.6 Å². The normalized spacial score (nSPS) is 10.5. The average Bonchev–Trinajstić information content (AvgIpc) is 2.69. The number of ether oxygens (including phenoxy) is 3. The number of anilines is 3. The van der Waals surface area contributed by atoms with Gasteiger partial charge in [0, 0.05) is 23.4 Å². The first kappa shape index (κ1) is 20.6. The number of carbonyl (C=O) groups is 2. The Morgan fingerprint density at radius 2 is 1.86 bits per heavy atom. The number of nitrogens with two attached hydrogens (primary N) is 2. The Morgan fingerprint density at radius 1 is 1.07 bits per heavy atom. The van der Waals surface area contributed by atoms with Gasteiger partial charge in [0.2, 0.25) is 5.91 Å². The molecule has 28 heavy (non-hydrogen) atoms. The fourth-order valence-corrected chi connectivity index (χ4v) is 2.30. The number of hydrogen-bond acceptors (Lipinski definition) is 7. The van der Waals surface area contributed by atoms with Crippen molar-refractivity contribution in [2.75, 3.05) is 37.6 Å². The minimum Gasteiger partial charge on any atom is -0.497 e. The predicted octanol–water partition coefficient (Wildman–Crippen LogP) is 2.45. The van der Waals surface area contributed by atoms with Crippen LogP contribution in [0.15, 0.2) is 42.5 Å². The number of methoxy groups -OCH3 is 2. The van der Waals surface area contributed by atoms with Gasteiger partial charge in [0.05, 0.1) is 32.0 Å². The summed E-state index contributed by atoms with van der Waals surface area (Å²) < 4.78 is 15.4. The van der Waals surface area contributed by atoms with Crippen molar-refractivity contribution in [3.8, 4) is 11.5 Å². The maximum absolute atomic E-state index is 11.9. The van der Waals surface area contributed by atoms with Crippen LogP contribution < -0.4 is 26.3 Å². The number of nitrogen functional groups attached to an aromatic ring is 2. The van der Waals surface area contributed by atoms with Crippen LogP contribution in [0.5, 0.6) is 11.5 Å². The maximum atomic E-state index is 11.9. The number of hydrogen-bond donors (Lipinski definition) is 3. The number of rotatable bonds is 8. The molecule has 0 aliphatic heterocycles. The first-order valence-electron chi connectivity index (χ1n) is 8.44. The summed E-state index contributed by atoms with van der Waals surface area (Å²) in [5.41, 5.74) is 13.4. The highest BCUT2D eigenvalue weighted by Crippen LogP contribution is 2.25. The number of carbonyl (C=O) groups excluding carboxylic acids is 2. The molecule has 0 saturated heterocycles. The highest BCUT2D eigenvalue weighted by atomic mass is 16.5. The minimum absolute atomic E-state index is 0.0142. The quantitative estimate of drug-likeness (QED) is 0.362. The van der Waals surface area contributed by atoms with Gasteiger partial charge in [0.1, 0.15) is 18.1 Å². The molecule has 8 heteroatoms. The molecule has 0 aliphatic carbocycles. The van der Waals surface area contributed by atoms with Crippen LogP contribution in [0.25, 0.3) is 6.08 Å². The van der Waals surface area contributed by atoms with Gasteiger partial charge in [-0.1, -0.05) is 0 Å². The van der Waals surface area contributed by atoms with Crippen molar-refractivity contribution in [1.29, 1.82) is 0 Å². The van der Waals surface area contributed by atoms with E-state index in [4.69, 9.17) is 25.7 Å². The highest BCUT2D eigenvalue weighted by molar-refractivity contribution is 5.95. The van der Waals surface area contributed by atoms with Crippen molar-refractivity contribution in [1.82, 2.24) is 0 Å². The lowest BCUT2D eigenvalue weighted by atomic mass is 10.2. The number of benzene rings is 2. The average molecular weight is 385 g/mol. The number of nitrogens with one attached hydrogen (secondary N) is 1. The molecule has 2 rings (SSSR count). The van der Waals surface area contributed by atoms with Crippen LogP contribution in [0.3, 0.4) is 0 Å². The molecule has 5 N–H and O–H groups in total. The van der Waals surface area contributed by atoms with E-state index in [1.165, 1.54) is 13.2 Å². The largest absolute Gasteiger partial charge is 0.497 e. The standard InChI is InChI=1S/C20H23N3O5/c1-26-15-6-3-13(18(12-15)27-2)4-8-20(25)28-10-9-19(24)23-17-11-14(21)5-7-16(17)22/h3-8,11-12H,9-10,21-22H2,1-2H3,(H,23,24)/b8-4+. The smallest absolute Gasteiger partial charge is 0.330 e. The van der Waals surface area contributed by atoms with Gasteiger partial charge in [-0.15, -0.1) is 0 Å². The van der Waals surface area contributed by atoms with E-state index in [-0.39, 0.29) is 18.9 Å². The van der Waals surface area contributed by atoms with Gasteiger partial charge in [-0.05, 0) is 36.4 Å². The fraction of sp³-hybridized carbons (Fsp3) is 0.200. The molecule has 0 radical (unpaired) electrons. The second kappa shape index (κ2) is 9.86. The van der Waals surface area contributed by atoms with Crippen LogP contribution >= 0.6 is 0 Å². The summed E-state index contributed by atoms with van der Waals surface area (Å²) in [5, 5.41) is 2.63. The van der Waals surface area contributed by atoms with Gasteiger partial charge in [-0.2, -0.15) is 0 Å². The molecule has 8 nitrogen and oxygen atoms in total. The van der Waals surface area contributed by atoms with E-state index in [0.717, 1.165) is 0 Å². The van der Waals surface area contributed by atoms with Crippen molar-refractivity contribution >= 4 is 35.0 Å². The monoisotopic (exact) mass is 385 g/mol. The van der Waals surface area contributed by atoms with E-state index in [1.807, 2.05) is 0 Å². The molecule has 0 heterocycles. The third-order valence-corrected chi connectivity index (χ3v) is 3.76. The SMILES string of the molecule is COc1ccc(/C=C/C(=O)OCCC(=O)Nc2cc(N)ccc2N)c(OC)c1. The second-order valence-corrected chi connectivity index (χ2v) is 5.75. The van der Waals surface area contributed by atoms with Crippen LogP contribution in [0.4, 0.5) is 17.1 Å². The van der Waals surface area contributed by atoms with Crippen molar-refractivity contribution in [2.24, 2.45) is 0 Å². The summed E-state index contributed by atoms with van der Waals surface area (Å²) in [7, 11) is 3.08. The Morgan fingerprint density at radius 3 is 2.57 bits per heavy atom. The zero-order valence-electron chi connectivity index (χ0n) is 15.7. The molecule has 0 saturated carbocycles. The fourth-order valence-electron chi connectivity index (χ4n) is 2.30. The molecular formula is C20H23N3O5. The van der Waals surface area contributed by atoms with Crippen molar-refractivity contribution in [3.05, 3.63) is 48.0 Å². The molecule has 0 bridgehead atoms. The van der Waals surface area contributed by atoms with Crippen LogP contribution in [0.2, 0.25) is 0 Å². The van der Waals surface area contributed by atoms with Gasteiger partial charge in [-0.3, -0.25) is 4.79 Å². The predicted molar refractivity (Wildman–Crippen MR) is 108 cm³/mol. The first-order chi connectivity index (χ1) is 13.4. The summed E-state index contributed by atoms with van der Waals surface area (Å²) in [6, 6.07) is 10.0. The Kier molecular flexibility index (Phi) is 7.27. The zero-order chi connectivity index (χ0) is 20.5. The van der Waals surface area contributed by atoms with Crippen molar-refractivity contribution < 1.29 is 23.8 Å². The number of esters is 1. The second-order valence-electron chi connectivity index (χ2n) is 5.75. The van der Waals surface area contributed by atoms with Crippen molar-refractivity contribution in [3.63, 3.8) is 0 Å². The lowest BCUT2D eigenvalue weighted by molar-refractivity contribution is -0.138. The van der Waals surface area contributed by atoms with E-state index >= 15 is 0 Å². The molecule has 0 unspecified atom stereocenters. The van der Waals surface area contributed by atoms with Gasteiger partial charge in [0.25, 0.3) is 0 Å².